The summed E-state index contributed by atoms with van der Waals surface area (Å²) in [4.78, 5) is 38.2. The maximum atomic E-state index is 12.8. The molecular weight excluding hydrogens is 853 g/mol. The molecule has 396 valence electrons. The summed E-state index contributed by atoms with van der Waals surface area (Å²) >= 11 is 0. The Hall–Kier alpha value is -3.41. The van der Waals surface area contributed by atoms with Crippen molar-refractivity contribution in [3.8, 4) is 0 Å². The van der Waals surface area contributed by atoms with E-state index in [1.807, 2.05) is 0 Å². The highest BCUT2D eigenvalue weighted by Crippen LogP contribution is 2.15. The van der Waals surface area contributed by atoms with Crippen molar-refractivity contribution in [2.45, 2.75) is 284 Å². The summed E-state index contributed by atoms with van der Waals surface area (Å²) in [5.74, 6) is -0.920. The molecule has 0 aromatic carbocycles. The first-order valence-electron chi connectivity index (χ1n) is 29.1. The van der Waals surface area contributed by atoms with Gasteiger partial charge in [0.2, 0.25) is 0 Å². The van der Waals surface area contributed by atoms with Gasteiger partial charge in [0.25, 0.3) is 0 Å². The summed E-state index contributed by atoms with van der Waals surface area (Å²) in [6.07, 6.45) is 74.3. The number of allylic oxidation sites excluding steroid dienone is 14. The Morgan fingerprint density at radius 1 is 0.304 bits per heavy atom. The van der Waals surface area contributed by atoms with Crippen LogP contribution in [0.3, 0.4) is 0 Å². The Balaban J connectivity index is 4.42. The molecule has 0 saturated heterocycles. The number of hydrogen-bond donors (Lipinski definition) is 0. The Labute approximate surface area is 426 Å². The van der Waals surface area contributed by atoms with E-state index in [9.17, 15) is 14.4 Å². The van der Waals surface area contributed by atoms with E-state index in [2.05, 4.69) is 106 Å². The zero-order valence-corrected chi connectivity index (χ0v) is 45.3. The molecule has 0 rings (SSSR count). The Morgan fingerprint density at radius 3 is 0.884 bits per heavy atom. The smallest absolute Gasteiger partial charge is 0.306 e. The molecule has 0 saturated carbocycles. The molecule has 1 atom stereocenters. The van der Waals surface area contributed by atoms with Crippen molar-refractivity contribution >= 4 is 17.9 Å². The van der Waals surface area contributed by atoms with Crippen molar-refractivity contribution in [3.63, 3.8) is 0 Å². The summed E-state index contributed by atoms with van der Waals surface area (Å²) < 4.78 is 16.8. The third kappa shape index (κ3) is 55.4. The minimum absolute atomic E-state index is 0.0893. The fourth-order valence-electron chi connectivity index (χ4n) is 8.03. The number of carbonyl (C=O) groups excluding carboxylic acids is 3. The van der Waals surface area contributed by atoms with Gasteiger partial charge in [0.05, 0.1) is 0 Å². The van der Waals surface area contributed by atoms with Crippen molar-refractivity contribution < 1.29 is 28.6 Å². The van der Waals surface area contributed by atoms with Gasteiger partial charge in [-0.15, -0.1) is 0 Å². The van der Waals surface area contributed by atoms with E-state index in [1.54, 1.807) is 0 Å². The van der Waals surface area contributed by atoms with E-state index in [-0.39, 0.29) is 31.1 Å². The van der Waals surface area contributed by atoms with Crippen LogP contribution in [-0.4, -0.2) is 37.2 Å². The van der Waals surface area contributed by atoms with Gasteiger partial charge in [-0.25, -0.2) is 0 Å². The second-order valence-electron chi connectivity index (χ2n) is 19.2. The van der Waals surface area contributed by atoms with Crippen LogP contribution in [0.2, 0.25) is 0 Å². The molecule has 0 heterocycles. The van der Waals surface area contributed by atoms with Crippen molar-refractivity contribution in [1.82, 2.24) is 0 Å². The zero-order valence-electron chi connectivity index (χ0n) is 45.3. The molecular formula is C63H108O6. The van der Waals surface area contributed by atoms with Gasteiger partial charge in [0, 0.05) is 19.3 Å². The van der Waals surface area contributed by atoms with Crippen LogP contribution in [0.1, 0.15) is 278 Å². The van der Waals surface area contributed by atoms with Crippen LogP contribution >= 0.6 is 0 Å². The number of unbranched alkanes of at least 4 members (excludes halogenated alkanes) is 27. The topological polar surface area (TPSA) is 78.9 Å². The summed E-state index contributed by atoms with van der Waals surface area (Å²) in [6.45, 7) is 6.50. The number of hydrogen-bond acceptors (Lipinski definition) is 6. The minimum atomic E-state index is -0.794. The van der Waals surface area contributed by atoms with Crippen LogP contribution in [0, 0.1) is 0 Å². The van der Waals surface area contributed by atoms with Gasteiger partial charge in [0.15, 0.2) is 6.10 Å². The third-order valence-electron chi connectivity index (χ3n) is 12.4. The lowest BCUT2D eigenvalue weighted by atomic mass is 10.0. The predicted octanol–water partition coefficient (Wildman–Crippen LogP) is 19.5. The van der Waals surface area contributed by atoms with Crippen LogP contribution in [-0.2, 0) is 28.6 Å². The van der Waals surface area contributed by atoms with Gasteiger partial charge in [-0.05, 0) is 96.3 Å². The Kier molecular flexibility index (Phi) is 54.3. The molecule has 0 aliphatic heterocycles. The molecule has 6 heteroatoms. The first-order valence-corrected chi connectivity index (χ1v) is 29.1. The fourth-order valence-corrected chi connectivity index (χ4v) is 8.03. The lowest BCUT2D eigenvalue weighted by Gasteiger charge is -2.18. The predicted molar refractivity (Wildman–Crippen MR) is 297 cm³/mol. The van der Waals surface area contributed by atoms with Gasteiger partial charge in [-0.2, -0.15) is 0 Å². The number of carbonyl (C=O) groups is 3. The first kappa shape index (κ1) is 65.6. The van der Waals surface area contributed by atoms with Crippen LogP contribution < -0.4 is 0 Å². The third-order valence-corrected chi connectivity index (χ3v) is 12.4. The maximum absolute atomic E-state index is 12.8. The second-order valence-corrected chi connectivity index (χ2v) is 19.2. The zero-order chi connectivity index (χ0) is 50.0. The molecule has 0 aromatic rings. The highest BCUT2D eigenvalue weighted by molar-refractivity contribution is 5.71. The lowest BCUT2D eigenvalue weighted by molar-refractivity contribution is -0.167. The molecule has 0 aliphatic rings. The van der Waals surface area contributed by atoms with Crippen molar-refractivity contribution in [1.29, 1.82) is 0 Å². The van der Waals surface area contributed by atoms with Crippen LogP contribution in [0.5, 0.6) is 0 Å². The highest BCUT2D eigenvalue weighted by atomic mass is 16.6. The molecule has 0 spiro atoms. The van der Waals surface area contributed by atoms with Crippen molar-refractivity contribution in [3.05, 3.63) is 85.1 Å². The van der Waals surface area contributed by atoms with E-state index in [0.29, 0.717) is 19.3 Å². The fraction of sp³-hybridized carbons (Fsp3) is 0.730. The Morgan fingerprint density at radius 2 is 0.565 bits per heavy atom. The minimum Gasteiger partial charge on any atom is -0.462 e. The highest BCUT2D eigenvalue weighted by Gasteiger charge is 2.19. The summed E-state index contributed by atoms with van der Waals surface area (Å²) in [7, 11) is 0. The van der Waals surface area contributed by atoms with E-state index in [0.717, 1.165) is 116 Å². The largest absolute Gasteiger partial charge is 0.462 e. The number of esters is 3. The van der Waals surface area contributed by atoms with E-state index in [1.165, 1.54) is 122 Å². The van der Waals surface area contributed by atoms with Crippen LogP contribution in [0.25, 0.3) is 0 Å². The van der Waals surface area contributed by atoms with Gasteiger partial charge in [-0.3, -0.25) is 14.4 Å². The van der Waals surface area contributed by atoms with Crippen LogP contribution in [0.4, 0.5) is 0 Å². The first-order chi connectivity index (χ1) is 34.0. The van der Waals surface area contributed by atoms with Crippen LogP contribution in [0.15, 0.2) is 85.1 Å². The van der Waals surface area contributed by atoms with Gasteiger partial charge in [-0.1, -0.05) is 247 Å². The van der Waals surface area contributed by atoms with Crippen molar-refractivity contribution in [2.24, 2.45) is 0 Å². The molecule has 0 fully saturated rings. The number of rotatable bonds is 52. The van der Waals surface area contributed by atoms with Gasteiger partial charge >= 0.3 is 17.9 Å². The molecule has 0 amide bonds. The average molecular weight is 962 g/mol. The molecule has 6 nitrogen and oxygen atoms in total. The number of ether oxygens (including phenoxy) is 3. The molecule has 0 aromatic heterocycles. The van der Waals surface area contributed by atoms with Gasteiger partial charge in [0.1, 0.15) is 13.2 Å². The van der Waals surface area contributed by atoms with E-state index >= 15 is 0 Å². The Bertz CT molecular complexity index is 1330. The molecule has 0 aliphatic carbocycles. The molecule has 0 N–H and O–H groups in total. The SMILES string of the molecule is CC/C=C\C/C=C\C/C=C\C/C=C\CCCCCCC(=O)OC(COC(=O)CCCCCCCC/C=C\C/C=C\C/C=C\CCCCCCC)COC(=O)CCCCCCCCCCCCCCC. The van der Waals surface area contributed by atoms with E-state index in [4.69, 9.17) is 14.2 Å². The normalized spacial score (nSPS) is 12.7. The molecule has 0 bridgehead atoms. The lowest BCUT2D eigenvalue weighted by Crippen LogP contribution is -2.30. The summed E-state index contributed by atoms with van der Waals surface area (Å²) in [5, 5.41) is 0. The monoisotopic (exact) mass is 961 g/mol. The van der Waals surface area contributed by atoms with Crippen molar-refractivity contribution in [2.75, 3.05) is 13.2 Å². The summed E-state index contributed by atoms with van der Waals surface area (Å²) in [5.41, 5.74) is 0. The quantitative estimate of drug-likeness (QED) is 0.0262. The summed E-state index contributed by atoms with van der Waals surface area (Å²) in [6, 6.07) is 0. The second kappa shape index (κ2) is 57.2. The standard InChI is InChI=1S/C63H108O6/c1-4-7-10-13-16-19-22-25-27-29-30-31-32-34-35-38-41-44-47-50-53-56-62(65)68-59-60(58-67-61(64)55-52-49-46-43-40-37-24-21-18-15-12-9-6-3)69-63(66)57-54-51-48-45-42-39-36-33-28-26-23-20-17-14-11-8-5-2/h8,11,17,20,22,25-26,28-30,32,34,36,39,60H,4-7,9-10,12-16,18-19,21,23-24,27,31,33,35,37-38,40-59H2,1-3H3/b11-8-,20-17-,25-22-,28-26-,30-29-,34-32-,39-36-. The molecule has 0 radical (unpaired) electrons. The average Bonchev–Trinajstić information content (AvgIpc) is 3.35. The molecule has 1 unspecified atom stereocenters. The van der Waals surface area contributed by atoms with E-state index < -0.39 is 6.10 Å². The maximum Gasteiger partial charge on any atom is 0.306 e. The van der Waals surface area contributed by atoms with Gasteiger partial charge < -0.3 is 14.2 Å². The molecule has 69 heavy (non-hydrogen) atoms.